The second kappa shape index (κ2) is 4.71. The van der Waals surface area contributed by atoms with Gasteiger partial charge in [-0.1, -0.05) is 0 Å². The molecule has 1 aromatic heterocycles. The number of carbonyl (C=O) groups is 2. The van der Waals surface area contributed by atoms with Gasteiger partial charge in [-0.3, -0.25) is 9.59 Å². The van der Waals surface area contributed by atoms with Gasteiger partial charge in [0.15, 0.2) is 10.9 Å². The number of hydrogen-bond acceptors (Lipinski definition) is 5. The van der Waals surface area contributed by atoms with Gasteiger partial charge in [0.2, 0.25) is 5.91 Å². The predicted molar refractivity (Wildman–Crippen MR) is 61.7 cm³/mol. The monoisotopic (exact) mass is 239 g/mol. The van der Waals surface area contributed by atoms with E-state index < -0.39 is 0 Å². The Bertz CT molecular complexity index is 412. The average molecular weight is 239 g/mol. The molecule has 0 saturated carbocycles. The first-order valence-corrected chi connectivity index (χ1v) is 6.00. The van der Waals surface area contributed by atoms with Crippen LogP contribution in [0.2, 0.25) is 0 Å². The summed E-state index contributed by atoms with van der Waals surface area (Å²) in [6, 6.07) is 0. The summed E-state index contributed by atoms with van der Waals surface area (Å²) in [5, 5.41) is 7.97. The summed E-state index contributed by atoms with van der Waals surface area (Å²) in [4.78, 5) is 26.6. The zero-order chi connectivity index (χ0) is 11.5. The molecule has 16 heavy (non-hydrogen) atoms. The molecule has 1 amide bonds. The van der Waals surface area contributed by atoms with Crippen molar-refractivity contribution >= 4 is 28.2 Å². The van der Waals surface area contributed by atoms with Crippen molar-refractivity contribution in [3.8, 4) is 0 Å². The molecule has 1 saturated heterocycles. The van der Waals surface area contributed by atoms with Crippen LogP contribution in [0.3, 0.4) is 0 Å². The molecule has 6 heteroatoms. The summed E-state index contributed by atoms with van der Waals surface area (Å²) < 4.78 is 0. The highest BCUT2D eigenvalue weighted by Crippen LogP contribution is 2.17. The molecule has 1 aliphatic rings. The van der Waals surface area contributed by atoms with Crippen LogP contribution in [0.15, 0.2) is 5.38 Å². The maximum Gasteiger partial charge on any atom is 0.226 e. The van der Waals surface area contributed by atoms with Crippen LogP contribution in [-0.2, 0) is 4.79 Å². The zero-order valence-corrected chi connectivity index (χ0v) is 9.76. The highest BCUT2D eigenvalue weighted by atomic mass is 32.1. The molecule has 0 bridgehead atoms. The van der Waals surface area contributed by atoms with Crippen LogP contribution in [0.4, 0.5) is 5.13 Å². The number of hydrogen-bond donors (Lipinski definition) is 2. The van der Waals surface area contributed by atoms with Gasteiger partial charge < -0.3 is 10.6 Å². The van der Waals surface area contributed by atoms with Crippen molar-refractivity contribution in [1.82, 2.24) is 10.3 Å². The number of nitrogens with zero attached hydrogens (tertiary/aromatic N) is 1. The number of Topliss-reactive ketones (excluding diaryl/α,β-unsaturated/α-hetero) is 1. The number of aromatic nitrogens is 1. The number of carbonyl (C=O) groups excluding carboxylic acids is 2. The topological polar surface area (TPSA) is 71.1 Å². The van der Waals surface area contributed by atoms with Gasteiger partial charge in [0.25, 0.3) is 0 Å². The Hall–Kier alpha value is -1.27. The Morgan fingerprint density at radius 1 is 1.62 bits per heavy atom. The third-order valence-electron chi connectivity index (χ3n) is 2.45. The quantitative estimate of drug-likeness (QED) is 0.766. The van der Waals surface area contributed by atoms with E-state index in [-0.39, 0.29) is 11.7 Å². The van der Waals surface area contributed by atoms with E-state index in [2.05, 4.69) is 15.6 Å². The summed E-state index contributed by atoms with van der Waals surface area (Å²) >= 11 is 1.28. The molecule has 0 aliphatic carbocycles. The minimum Gasteiger partial charge on any atom is -0.316 e. The number of anilines is 1. The molecule has 0 unspecified atom stereocenters. The molecule has 0 aromatic carbocycles. The summed E-state index contributed by atoms with van der Waals surface area (Å²) in [7, 11) is 0. The van der Waals surface area contributed by atoms with Crippen LogP contribution < -0.4 is 10.6 Å². The van der Waals surface area contributed by atoms with Crippen molar-refractivity contribution in [1.29, 1.82) is 0 Å². The minimum absolute atomic E-state index is 0.0315. The van der Waals surface area contributed by atoms with E-state index in [1.54, 1.807) is 5.38 Å². The van der Waals surface area contributed by atoms with Gasteiger partial charge in [-0.25, -0.2) is 4.98 Å². The highest BCUT2D eigenvalue weighted by molar-refractivity contribution is 7.14. The van der Waals surface area contributed by atoms with Crippen LogP contribution in [0.25, 0.3) is 0 Å². The summed E-state index contributed by atoms with van der Waals surface area (Å²) in [6.07, 6.45) is 0.516. The van der Waals surface area contributed by atoms with Crippen LogP contribution >= 0.6 is 11.3 Å². The highest BCUT2D eigenvalue weighted by Gasteiger charge is 2.20. The van der Waals surface area contributed by atoms with E-state index in [4.69, 9.17) is 0 Å². The first-order valence-electron chi connectivity index (χ1n) is 5.12. The number of amides is 1. The van der Waals surface area contributed by atoms with Crippen molar-refractivity contribution < 1.29 is 9.59 Å². The third-order valence-corrected chi connectivity index (χ3v) is 3.21. The Morgan fingerprint density at radius 2 is 2.38 bits per heavy atom. The van der Waals surface area contributed by atoms with Gasteiger partial charge in [0.05, 0.1) is 0 Å². The first-order chi connectivity index (χ1) is 7.65. The molecule has 2 heterocycles. The van der Waals surface area contributed by atoms with Crippen LogP contribution in [0.1, 0.15) is 23.8 Å². The molecule has 0 spiro atoms. The second-order valence-corrected chi connectivity index (χ2v) is 4.73. The molecule has 0 atom stereocenters. The van der Waals surface area contributed by atoms with Crippen molar-refractivity contribution in [2.24, 2.45) is 5.92 Å². The van der Waals surface area contributed by atoms with Gasteiger partial charge >= 0.3 is 0 Å². The van der Waals surface area contributed by atoms with Gasteiger partial charge in [0, 0.05) is 18.7 Å². The SMILES string of the molecule is CC(=O)c1csc(NC(=O)CC2CNC2)n1. The molecule has 5 nitrogen and oxygen atoms in total. The van der Waals surface area contributed by atoms with Gasteiger partial charge in [-0.15, -0.1) is 11.3 Å². The van der Waals surface area contributed by atoms with E-state index in [0.717, 1.165) is 13.1 Å². The molecule has 1 aromatic rings. The molecule has 2 N–H and O–H groups in total. The molecule has 0 radical (unpaired) electrons. The lowest BCUT2D eigenvalue weighted by atomic mass is 9.99. The lowest BCUT2D eigenvalue weighted by Gasteiger charge is -2.25. The standard InChI is InChI=1S/C10H13N3O2S/c1-6(14)8-5-16-10(12-8)13-9(15)2-7-3-11-4-7/h5,7,11H,2-4H2,1H3,(H,12,13,15). The minimum atomic E-state index is -0.0834. The van der Waals surface area contributed by atoms with Gasteiger partial charge in [-0.05, 0) is 19.0 Å². The lowest BCUT2D eigenvalue weighted by Crippen LogP contribution is -2.43. The maximum atomic E-state index is 11.5. The number of rotatable bonds is 4. The maximum absolute atomic E-state index is 11.5. The number of thiazole rings is 1. The average Bonchev–Trinajstić information content (AvgIpc) is 2.60. The van der Waals surface area contributed by atoms with Crippen molar-refractivity contribution in [3.05, 3.63) is 11.1 Å². The van der Waals surface area contributed by atoms with Crippen LogP contribution in [-0.4, -0.2) is 29.8 Å². The molecular formula is C10H13N3O2S. The zero-order valence-electron chi connectivity index (χ0n) is 8.95. The van der Waals surface area contributed by atoms with E-state index in [9.17, 15) is 9.59 Å². The Kier molecular flexibility index (Phi) is 3.31. The summed E-state index contributed by atoms with van der Waals surface area (Å²) in [5.74, 6) is 0.322. The number of ketones is 1. The van der Waals surface area contributed by atoms with E-state index in [1.165, 1.54) is 18.3 Å². The Balaban J connectivity index is 1.87. The fourth-order valence-corrected chi connectivity index (χ4v) is 2.18. The normalized spacial score (nSPS) is 15.6. The van der Waals surface area contributed by atoms with E-state index in [0.29, 0.717) is 23.2 Å². The summed E-state index contributed by atoms with van der Waals surface area (Å²) in [6.45, 7) is 3.27. The lowest BCUT2D eigenvalue weighted by molar-refractivity contribution is -0.117. The largest absolute Gasteiger partial charge is 0.316 e. The second-order valence-electron chi connectivity index (χ2n) is 3.87. The van der Waals surface area contributed by atoms with Crippen molar-refractivity contribution in [3.63, 3.8) is 0 Å². The van der Waals surface area contributed by atoms with Crippen LogP contribution in [0, 0.1) is 5.92 Å². The van der Waals surface area contributed by atoms with Crippen molar-refractivity contribution in [2.45, 2.75) is 13.3 Å². The summed E-state index contributed by atoms with van der Waals surface area (Å²) in [5.41, 5.74) is 0.408. The first kappa shape index (κ1) is 11.2. The van der Waals surface area contributed by atoms with Crippen molar-refractivity contribution in [2.75, 3.05) is 18.4 Å². The van der Waals surface area contributed by atoms with Gasteiger partial charge in [0.1, 0.15) is 5.69 Å². The number of nitrogens with one attached hydrogen (secondary N) is 2. The van der Waals surface area contributed by atoms with Crippen LogP contribution in [0.5, 0.6) is 0 Å². The fourth-order valence-electron chi connectivity index (χ4n) is 1.42. The van der Waals surface area contributed by atoms with E-state index >= 15 is 0 Å². The molecule has 1 fully saturated rings. The fraction of sp³-hybridized carbons (Fsp3) is 0.500. The third kappa shape index (κ3) is 2.65. The molecule has 86 valence electrons. The van der Waals surface area contributed by atoms with Gasteiger partial charge in [-0.2, -0.15) is 0 Å². The molecule has 1 aliphatic heterocycles. The molecule has 2 rings (SSSR count). The Labute approximate surface area is 97.3 Å². The van der Waals surface area contributed by atoms with E-state index in [1.807, 2.05) is 0 Å². The Morgan fingerprint density at radius 3 is 2.88 bits per heavy atom. The predicted octanol–water partition coefficient (Wildman–Crippen LogP) is 0.894. The molecular weight excluding hydrogens is 226 g/mol. The smallest absolute Gasteiger partial charge is 0.226 e.